The lowest BCUT2D eigenvalue weighted by Gasteiger charge is -2.33. The monoisotopic (exact) mass is 533 g/mol. The summed E-state index contributed by atoms with van der Waals surface area (Å²) in [6.45, 7) is 4.04. The first-order valence-corrected chi connectivity index (χ1v) is 13.7. The van der Waals surface area contributed by atoms with Gasteiger partial charge in [0.15, 0.2) is 0 Å². The van der Waals surface area contributed by atoms with Gasteiger partial charge in [0.25, 0.3) is 5.91 Å². The summed E-state index contributed by atoms with van der Waals surface area (Å²) < 4.78 is 2.38. The van der Waals surface area contributed by atoms with Crippen molar-refractivity contribution in [2.75, 3.05) is 29.9 Å². The van der Waals surface area contributed by atoms with Gasteiger partial charge in [-0.3, -0.25) is 4.79 Å². The Hall–Kier alpha value is -4.78. The topological polar surface area (TPSA) is 125 Å². The second kappa shape index (κ2) is 11.1. The summed E-state index contributed by atoms with van der Waals surface area (Å²) in [4.78, 5) is 23.5. The summed E-state index contributed by atoms with van der Waals surface area (Å²) in [5.74, 6) is 2.92. The molecule has 1 saturated carbocycles. The molecule has 2 aromatic heterocycles. The van der Waals surface area contributed by atoms with Crippen molar-refractivity contribution in [1.29, 1.82) is 5.26 Å². The number of hydrogen-bond acceptors (Lipinski definition) is 8. The zero-order valence-electron chi connectivity index (χ0n) is 22.4. The van der Waals surface area contributed by atoms with Gasteiger partial charge in [-0.1, -0.05) is 12.1 Å². The number of carbonyl (C=O) groups excluding carboxylic acids is 1. The summed E-state index contributed by atoms with van der Waals surface area (Å²) >= 11 is 0. The van der Waals surface area contributed by atoms with Crippen molar-refractivity contribution >= 4 is 23.2 Å². The molecule has 0 unspecified atom stereocenters. The Morgan fingerprint density at radius 3 is 2.45 bits per heavy atom. The van der Waals surface area contributed by atoms with Gasteiger partial charge >= 0.3 is 0 Å². The first-order chi connectivity index (χ1) is 19.6. The second-order valence-electron chi connectivity index (χ2n) is 10.3. The van der Waals surface area contributed by atoms with Crippen molar-refractivity contribution < 1.29 is 4.79 Å². The van der Waals surface area contributed by atoms with E-state index in [1.807, 2.05) is 24.3 Å². The van der Waals surface area contributed by atoms with E-state index in [0.717, 1.165) is 48.7 Å². The fourth-order valence-electron chi connectivity index (χ4n) is 5.32. The molecular formula is C30H31N9O. The van der Waals surface area contributed by atoms with Crippen LogP contribution in [0.25, 0.3) is 11.3 Å². The Morgan fingerprint density at radius 1 is 1.00 bits per heavy atom. The molecule has 6 rings (SSSR count). The molecule has 2 aliphatic rings. The number of benzene rings is 2. The zero-order chi connectivity index (χ0) is 27.5. The van der Waals surface area contributed by atoms with E-state index in [9.17, 15) is 4.79 Å². The van der Waals surface area contributed by atoms with Crippen molar-refractivity contribution in [2.45, 2.75) is 44.6 Å². The van der Waals surface area contributed by atoms with E-state index in [1.54, 1.807) is 18.3 Å². The van der Waals surface area contributed by atoms with Crippen molar-refractivity contribution in [3.05, 3.63) is 78.0 Å². The van der Waals surface area contributed by atoms with Crippen LogP contribution in [0.5, 0.6) is 0 Å². The number of carbonyl (C=O) groups is 1. The predicted octanol–water partition coefficient (Wildman–Crippen LogP) is 4.76. The van der Waals surface area contributed by atoms with E-state index < -0.39 is 0 Å². The average Bonchev–Trinajstić information content (AvgIpc) is 3.77. The smallest absolute Gasteiger partial charge is 0.252 e. The van der Waals surface area contributed by atoms with Gasteiger partial charge in [-0.15, -0.1) is 10.2 Å². The number of nitriles is 1. The largest absolute Gasteiger partial charge is 0.371 e. The van der Waals surface area contributed by atoms with Gasteiger partial charge in [0.2, 0.25) is 5.95 Å². The van der Waals surface area contributed by atoms with Crippen LogP contribution in [-0.2, 0) is 0 Å². The molecule has 10 nitrogen and oxygen atoms in total. The minimum Gasteiger partial charge on any atom is -0.371 e. The Morgan fingerprint density at radius 2 is 1.75 bits per heavy atom. The normalized spacial score (nSPS) is 15.4. The molecule has 40 heavy (non-hydrogen) atoms. The van der Waals surface area contributed by atoms with Crippen molar-refractivity contribution in [2.24, 2.45) is 0 Å². The van der Waals surface area contributed by atoms with Gasteiger partial charge in [-0.2, -0.15) is 5.26 Å². The molecule has 3 heterocycles. The maximum atomic E-state index is 12.0. The third-order valence-electron chi connectivity index (χ3n) is 7.58. The van der Waals surface area contributed by atoms with E-state index in [0.29, 0.717) is 23.5 Å². The summed E-state index contributed by atoms with van der Waals surface area (Å²) in [5, 5.41) is 23.4. The maximum absolute atomic E-state index is 12.0. The van der Waals surface area contributed by atoms with Gasteiger partial charge in [-0.25, -0.2) is 9.97 Å². The molecule has 10 heteroatoms. The summed E-state index contributed by atoms with van der Waals surface area (Å²) in [6.07, 6.45) is 6.37. The third kappa shape index (κ3) is 5.50. The molecule has 1 aliphatic heterocycles. The van der Waals surface area contributed by atoms with Crippen LogP contribution in [0, 0.1) is 18.3 Å². The minimum absolute atomic E-state index is 0.0219. The van der Waals surface area contributed by atoms with Gasteiger partial charge in [0, 0.05) is 53.7 Å². The SMILES string of the molecule is Cc1nnc(C2CCN(c3ccc(Nc4nccc(-c5ccc(C(=O)NCC#N)cc5)n4)cc3)CC2)n1C1CC1. The van der Waals surface area contributed by atoms with Crippen LogP contribution in [-0.4, -0.2) is 50.3 Å². The standard InChI is InChI=1S/C30H31N9O/c1-20-36-37-28(39(20)26-10-11-26)22-13-18-38(19-14-22)25-8-6-24(7-9-25)34-30-33-16-12-27(35-30)21-2-4-23(5-3-21)29(40)32-17-15-31/h2-9,12,16,22,26H,10-11,13-14,17-19H2,1H3,(H,32,40)(H,33,34,35). The van der Waals surface area contributed by atoms with Crippen LogP contribution in [0.15, 0.2) is 60.8 Å². The lowest BCUT2D eigenvalue weighted by Crippen LogP contribution is -2.33. The molecule has 0 atom stereocenters. The average molecular weight is 534 g/mol. The van der Waals surface area contributed by atoms with E-state index in [-0.39, 0.29) is 12.5 Å². The Balaban J connectivity index is 1.06. The fraction of sp³-hybridized carbons (Fsp3) is 0.333. The van der Waals surface area contributed by atoms with E-state index in [2.05, 4.69) is 71.5 Å². The highest BCUT2D eigenvalue weighted by Crippen LogP contribution is 2.40. The van der Waals surface area contributed by atoms with Crippen molar-refractivity contribution in [3.8, 4) is 17.3 Å². The first kappa shape index (κ1) is 25.5. The maximum Gasteiger partial charge on any atom is 0.252 e. The molecule has 0 bridgehead atoms. The van der Waals surface area contributed by atoms with Gasteiger partial charge in [0.1, 0.15) is 18.2 Å². The van der Waals surface area contributed by atoms with Gasteiger partial charge < -0.3 is 20.1 Å². The second-order valence-corrected chi connectivity index (χ2v) is 10.3. The molecule has 2 fully saturated rings. The highest BCUT2D eigenvalue weighted by molar-refractivity contribution is 5.94. The molecule has 2 aromatic carbocycles. The van der Waals surface area contributed by atoms with E-state index in [1.165, 1.54) is 24.4 Å². The highest BCUT2D eigenvalue weighted by Gasteiger charge is 2.32. The van der Waals surface area contributed by atoms with Crippen LogP contribution >= 0.6 is 0 Å². The van der Waals surface area contributed by atoms with Crippen LogP contribution in [0.4, 0.5) is 17.3 Å². The van der Waals surface area contributed by atoms with Crippen LogP contribution in [0.3, 0.4) is 0 Å². The number of anilines is 3. The summed E-state index contributed by atoms with van der Waals surface area (Å²) in [5.41, 5.74) is 4.22. The number of nitrogens with zero attached hydrogens (tertiary/aromatic N) is 7. The number of amides is 1. The Labute approximate surface area is 233 Å². The predicted molar refractivity (Wildman–Crippen MR) is 152 cm³/mol. The molecule has 202 valence electrons. The number of aromatic nitrogens is 5. The minimum atomic E-state index is -0.279. The van der Waals surface area contributed by atoms with Gasteiger partial charge in [-0.05, 0) is 75.1 Å². The lowest BCUT2D eigenvalue weighted by molar-refractivity contribution is 0.0958. The number of aryl methyl sites for hydroxylation is 1. The third-order valence-corrected chi connectivity index (χ3v) is 7.58. The number of piperidine rings is 1. The molecular weight excluding hydrogens is 502 g/mol. The molecule has 4 aromatic rings. The Bertz CT molecular complexity index is 1530. The summed E-state index contributed by atoms with van der Waals surface area (Å²) in [7, 11) is 0. The Kier molecular flexibility index (Phi) is 7.10. The molecule has 0 radical (unpaired) electrons. The molecule has 1 aliphatic carbocycles. The van der Waals surface area contributed by atoms with E-state index >= 15 is 0 Å². The molecule has 1 amide bonds. The molecule has 2 N–H and O–H groups in total. The van der Waals surface area contributed by atoms with E-state index in [4.69, 9.17) is 5.26 Å². The molecule has 0 spiro atoms. The number of nitrogens with one attached hydrogen (secondary N) is 2. The number of hydrogen-bond donors (Lipinski definition) is 2. The highest BCUT2D eigenvalue weighted by atomic mass is 16.1. The van der Waals surface area contributed by atoms with Crippen LogP contribution < -0.4 is 15.5 Å². The van der Waals surface area contributed by atoms with Crippen molar-refractivity contribution in [1.82, 2.24) is 30.0 Å². The fourth-order valence-corrected chi connectivity index (χ4v) is 5.32. The summed E-state index contributed by atoms with van der Waals surface area (Å²) in [6, 6.07) is 19.8. The van der Waals surface area contributed by atoms with Crippen LogP contribution in [0.2, 0.25) is 0 Å². The lowest BCUT2D eigenvalue weighted by atomic mass is 9.95. The molecule has 1 saturated heterocycles. The number of rotatable bonds is 8. The first-order valence-electron chi connectivity index (χ1n) is 13.7. The quantitative estimate of drug-likeness (QED) is 0.311. The van der Waals surface area contributed by atoms with Crippen molar-refractivity contribution in [3.63, 3.8) is 0 Å². The zero-order valence-corrected chi connectivity index (χ0v) is 22.4. The van der Waals surface area contributed by atoms with Crippen LogP contribution in [0.1, 0.15) is 59.6 Å². The van der Waals surface area contributed by atoms with Gasteiger partial charge in [0.05, 0.1) is 11.8 Å².